The first-order chi connectivity index (χ1) is 15.4. The first-order valence-corrected chi connectivity index (χ1v) is 11.7. The van der Waals surface area contributed by atoms with Crippen molar-refractivity contribution in [2.24, 2.45) is 0 Å². The van der Waals surface area contributed by atoms with E-state index in [1.807, 2.05) is 24.3 Å². The molecule has 170 valence electrons. The highest BCUT2D eigenvalue weighted by Crippen LogP contribution is 2.34. The van der Waals surface area contributed by atoms with Crippen molar-refractivity contribution >= 4 is 33.2 Å². The van der Waals surface area contributed by atoms with Crippen molar-refractivity contribution in [3.05, 3.63) is 42.5 Å². The van der Waals surface area contributed by atoms with E-state index < -0.39 is 10.0 Å². The van der Waals surface area contributed by atoms with Gasteiger partial charge in [0.15, 0.2) is 0 Å². The van der Waals surface area contributed by atoms with Crippen molar-refractivity contribution in [2.75, 3.05) is 50.2 Å². The van der Waals surface area contributed by atoms with Gasteiger partial charge < -0.3 is 14.4 Å². The number of rotatable bonds is 6. The van der Waals surface area contributed by atoms with Crippen molar-refractivity contribution in [3.63, 3.8) is 0 Å². The molecule has 0 N–H and O–H groups in total. The van der Waals surface area contributed by atoms with E-state index in [0.717, 1.165) is 16.3 Å². The first-order valence-electron chi connectivity index (χ1n) is 10.3. The lowest BCUT2D eigenvalue weighted by Gasteiger charge is -2.36. The van der Waals surface area contributed by atoms with E-state index in [1.165, 1.54) is 29.6 Å². The highest BCUT2D eigenvalue weighted by Gasteiger charge is 2.35. The van der Waals surface area contributed by atoms with Gasteiger partial charge in [0.25, 0.3) is 0 Å². The molecule has 0 aliphatic carbocycles. The van der Waals surface area contributed by atoms with Gasteiger partial charge >= 0.3 is 0 Å². The zero-order chi connectivity index (χ0) is 22.9. The molecule has 32 heavy (non-hydrogen) atoms. The van der Waals surface area contributed by atoms with E-state index in [4.69, 9.17) is 9.47 Å². The maximum atomic E-state index is 13.5. The maximum Gasteiger partial charge on any atom is 0.246 e. The molecule has 0 aromatic heterocycles. The van der Waals surface area contributed by atoms with Crippen LogP contribution in [0.2, 0.25) is 0 Å². The molecule has 9 nitrogen and oxygen atoms in total. The smallest absolute Gasteiger partial charge is 0.246 e. The number of amides is 2. The van der Waals surface area contributed by atoms with E-state index in [-0.39, 0.29) is 54.1 Å². The summed E-state index contributed by atoms with van der Waals surface area (Å²) in [6.45, 7) is 1.53. The van der Waals surface area contributed by atoms with E-state index in [9.17, 15) is 18.0 Å². The minimum absolute atomic E-state index is 0.0595. The number of hydrogen-bond acceptors (Lipinski definition) is 7. The third-order valence-electron chi connectivity index (χ3n) is 5.74. The fourth-order valence-electron chi connectivity index (χ4n) is 4.07. The largest absolute Gasteiger partial charge is 0.495 e. The van der Waals surface area contributed by atoms with E-state index in [0.29, 0.717) is 13.1 Å². The molecule has 0 spiro atoms. The Balaban J connectivity index is 1.59. The maximum absolute atomic E-state index is 13.5. The molecular weight excluding hydrogens is 434 g/mol. The number of imide groups is 1. The Bertz CT molecular complexity index is 1130. The second kappa shape index (κ2) is 8.79. The highest BCUT2D eigenvalue weighted by atomic mass is 32.2. The van der Waals surface area contributed by atoms with Gasteiger partial charge in [-0.2, -0.15) is 4.31 Å². The van der Waals surface area contributed by atoms with Gasteiger partial charge in [-0.25, -0.2) is 8.42 Å². The van der Waals surface area contributed by atoms with Crippen LogP contribution >= 0.6 is 0 Å². The Kier molecular flexibility index (Phi) is 6.07. The number of piperazine rings is 1. The number of anilines is 2. The fourth-order valence-corrected chi connectivity index (χ4v) is 5.67. The summed E-state index contributed by atoms with van der Waals surface area (Å²) in [6.07, 6.45) is 0.246. The Labute approximate surface area is 187 Å². The Morgan fingerprint density at radius 2 is 1.44 bits per heavy atom. The first kappa shape index (κ1) is 22.1. The molecule has 2 aliphatic rings. The minimum Gasteiger partial charge on any atom is -0.495 e. The van der Waals surface area contributed by atoms with E-state index in [2.05, 4.69) is 4.90 Å². The summed E-state index contributed by atoms with van der Waals surface area (Å²) in [5, 5.41) is 0. The predicted molar refractivity (Wildman–Crippen MR) is 119 cm³/mol. The Morgan fingerprint density at radius 3 is 2.06 bits per heavy atom. The average Bonchev–Trinajstić information content (AvgIpc) is 3.16. The fraction of sp³-hybridized carbons (Fsp3) is 0.364. The molecule has 0 atom stereocenters. The van der Waals surface area contributed by atoms with Crippen LogP contribution in [0.3, 0.4) is 0 Å². The standard InChI is InChI=1S/C22H25N3O6S/c1-30-18-6-4-3-5-17(18)23-11-13-24(14-12-23)32(28,29)20-15-16(7-8-19(20)31-2)25-21(26)9-10-22(25)27/h3-8,15H,9-14H2,1-2H3. The summed E-state index contributed by atoms with van der Waals surface area (Å²) in [6, 6.07) is 12.0. The van der Waals surface area contributed by atoms with Gasteiger partial charge in [-0.1, -0.05) is 12.1 Å². The van der Waals surface area contributed by atoms with Crippen LogP contribution in [0.4, 0.5) is 11.4 Å². The molecule has 2 aromatic rings. The number of methoxy groups -OCH3 is 2. The van der Waals surface area contributed by atoms with Crippen LogP contribution in [-0.2, 0) is 19.6 Å². The molecule has 2 aromatic carbocycles. The van der Waals surface area contributed by atoms with Gasteiger partial charge in [0.1, 0.15) is 16.4 Å². The zero-order valence-corrected chi connectivity index (χ0v) is 18.8. The molecule has 0 radical (unpaired) electrons. The van der Waals surface area contributed by atoms with Gasteiger partial charge in [0, 0.05) is 39.0 Å². The minimum atomic E-state index is -3.91. The van der Waals surface area contributed by atoms with Gasteiger partial charge in [-0.15, -0.1) is 0 Å². The van der Waals surface area contributed by atoms with Gasteiger partial charge in [0.2, 0.25) is 21.8 Å². The van der Waals surface area contributed by atoms with Crippen LogP contribution in [0, 0.1) is 0 Å². The molecule has 2 saturated heterocycles. The second-order valence-electron chi connectivity index (χ2n) is 7.52. The normalized spacial score (nSPS) is 17.7. The summed E-state index contributed by atoms with van der Waals surface area (Å²) in [7, 11) is -0.917. The van der Waals surface area contributed by atoms with E-state index >= 15 is 0 Å². The molecule has 0 bridgehead atoms. The zero-order valence-electron chi connectivity index (χ0n) is 18.0. The molecule has 2 aliphatic heterocycles. The molecule has 10 heteroatoms. The van der Waals surface area contributed by atoms with Gasteiger partial charge in [-0.3, -0.25) is 14.5 Å². The van der Waals surface area contributed by atoms with Crippen LogP contribution in [-0.4, -0.2) is 64.9 Å². The molecular formula is C22H25N3O6S. The lowest BCUT2D eigenvalue weighted by molar-refractivity contribution is -0.121. The lowest BCUT2D eigenvalue weighted by atomic mass is 10.2. The topological polar surface area (TPSA) is 96.5 Å². The number of carbonyl (C=O) groups is 2. The SMILES string of the molecule is COc1ccccc1N1CCN(S(=O)(=O)c2cc(N3C(=O)CCC3=O)ccc2OC)CC1. The summed E-state index contributed by atoms with van der Waals surface area (Å²) in [5.41, 5.74) is 1.15. The average molecular weight is 460 g/mol. The van der Waals surface area contributed by atoms with Crippen LogP contribution in [0.5, 0.6) is 11.5 Å². The summed E-state index contributed by atoms with van der Waals surface area (Å²) in [4.78, 5) is 27.3. The van der Waals surface area contributed by atoms with Crippen molar-refractivity contribution < 1.29 is 27.5 Å². The number of carbonyl (C=O) groups excluding carboxylic acids is 2. The van der Waals surface area contributed by atoms with Crippen LogP contribution in [0.1, 0.15) is 12.8 Å². The van der Waals surface area contributed by atoms with Crippen molar-refractivity contribution in [1.82, 2.24) is 4.31 Å². The van der Waals surface area contributed by atoms with Crippen LogP contribution in [0.15, 0.2) is 47.4 Å². The number of benzene rings is 2. The molecule has 2 amide bonds. The van der Waals surface area contributed by atoms with E-state index in [1.54, 1.807) is 7.11 Å². The van der Waals surface area contributed by atoms with Crippen molar-refractivity contribution in [3.8, 4) is 11.5 Å². The Hall–Kier alpha value is -3.11. The third-order valence-corrected chi connectivity index (χ3v) is 7.66. The van der Waals surface area contributed by atoms with Gasteiger partial charge in [0.05, 0.1) is 25.6 Å². The summed E-state index contributed by atoms with van der Waals surface area (Å²) in [5.74, 6) is 0.223. The van der Waals surface area contributed by atoms with Crippen molar-refractivity contribution in [1.29, 1.82) is 0 Å². The summed E-state index contributed by atoms with van der Waals surface area (Å²) < 4.78 is 39.1. The predicted octanol–water partition coefficient (Wildman–Crippen LogP) is 1.87. The molecule has 0 saturated carbocycles. The monoisotopic (exact) mass is 459 g/mol. The molecule has 2 fully saturated rings. The Morgan fingerprint density at radius 1 is 0.812 bits per heavy atom. The second-order valence-corrected chi connectivity index (χ2v) is 9.43. The molecule has 0 unspecified atom stereocenters. The molecule has 4 rings (SSSR count). The highest BCUT2D eigenvalue weighted by molar-refractivity contribution is 7.89. The quantitative estimate of drug-likeness (QED) is 0.609. The summed E-state index contributed by atoms with van der Waals surface area (Å²) >= 11 is 0. The number of hydrogen-bond donors (Lipinski definition) is 0. The van der Waals surface area contributed by atoms with Crippen LogP contribution in [0.25, 0.3) is 0 Å². The van der Waals surface area contributed by atoms with Crippen LogP contribution < -0.4 is 19.3 Å². The number of ether oxygens (including phenoxy) is 2. The third kappa shape index (κ3) is 3.91. The number of para-hydroxylation sites is 2. The van der Waals surface area contributed by atoms with Crippen molar-refractivity contribution in [2.45, 2.75) is 17.7 Å². The number of sulfonamides is 1. The number of nitrogens with zero attached hydrogens (tertiary/aromatic N) is 3. The molecule has 2 heterocycles. The van der Waals surface area contributed by atoms with Gasteiger partial charge in [-0.05, 0) is 30.3 Å². The lowest BCUT2D eigenvalue weighted by Crippen LogP contribution is -2.48.